The first-order valence-electron chi connectivity index (χ1n) is 6.95. The van der Waals surface area contributed by atoms with E-state index in [0.29, 0.717) is 6.04 Å². The molecule has 2 heterocycles. The van der Waals surface area contributed by atoms with Crippen molar-refractivity contribution >= 4 is 11.3 Å². The van der Waals surface area contributed by atoms with Gasteiger partial charge in [-0.1, -0.05) is 6.92 Å². The summed E-state index contributed by atoms with van der Waals surface area (Å²) < 4.78 is 1.91. The average molecular weight is 277 g/mol. The van der Waals surface area contributed by atoms with Crippen LogP contribution in [0.4, 0.5) is 0 Å². The lowest BCUT2D eigenvalue weighted by atomic mass is 10.0. The molecule has 1 N–H and O–H groups in total. The van der Waals surface area contributed by atoms with E-state index in [1.54, 1.807) is 11.3 Å². The third kappa shape index (κ3) is 3.91. The van der Waals surface area contributed by atoms with E-state index >= 15 is 0 Å². The number of aromatic nitrogens is 2. The van der Waals surface area contributed by atoms with Gasteiger partial charge in [-0.05, 0) is 55.1 Å². The number of rotatable bonds is 7. The smallest absolute Gasteiger partial charge is 0.0641 e. The molecular formula is C15H23N3S. The minimum atomic E-state index is 0.411. The van der Waals surface area contributed by atoms with E-state index in [1.165, 1.54) is 11.1 Å². The van der Waals surface area contributed by atoms with Gasteiger partial charge < -0.3 is 5.32 Å². The number of thiophene rings is 1. The first-order valence-corrected chi connectivity index (χ1v) is 7.89. The van der Waals surface area contributed by atoms with E-state index in [2.05, 4.69) is 47.3 Å². The Morgan fingerprint density at radius 1 is 1.47 bits per heavy atom. The van der Waals surface area contributed by atoms with Crippen LogP contribution in [0.25, 0.3) is 0 Å². The molecule has 19 heavy (non-hydrogen) atoms. The number of hydrogen-bond donors (Lipinski definition) is 1. The summed E-state index contributed by atoms with van der Waals surface area (Å²) in [5.41, 5.74) is 3.92. The van der Waals surface area contributed by atoms with Crippen molar-refractivity contribution in [2.24, 2.45) is 7.05 Å². The molecule has 0 aliphatic heterocycles. The van der Waals surface area contributed by atoms with Gasteiger partial charge >= 0.3 is 0 Å². The highest BCUT2D eigenvalue weighted by molar-refractivity contribution is 7.07. The van der Waals surface area contributed by atoms with Crippen molar-refractivity contribution in [3.8, 4) is 0 Å². The first-order chi connectivity index (χ1) is 9.20. The largest absolute Gasteiger partial charge is 0.310 e. The van der Waals surface area contributed by atoms with Gasteiger partial charge in [0.2, 0.25) is 0 Å². The summed E-state index contributed by atoms with van der Waals surface area (Å²) in [7, 11) is 1.99. The van der Waals surface area contributed by atoms with Crippen LogP contribution in [0.5, 0.6) is 0 Å². The van der Waals surface area contributed by atoms with Gasteiger partial charge in [0.15, 0.2) is 0 Å². The summed E-state index contributed by atoms with van der Waals surface area (Å²) in [6.45, 7) is 5.36. The van der Waals surface area contributed by atoms with Crippen molar-refractivity contribution in [3.63, 3.8) is 0 Å². The van der Waals surface area contributed by atoms with E-state index in [1.807, 2.05) is 11.7 Å². The van der Waals surface area contributed by atoms with Crippen LogP contribution in [-0.4, -0.2) is 16.3 Å². The predicted octanol–water partition coefficient (Wildman–Crippen LogP) is 3.46. The second kappa shape index (κ2) is 6.87. The molecule has 2 aromatic rings. The molecule has 1 atom stereocenters. The maximum absolute atomic E-state index is 4.46. The molecule has 0 aliphatic carbocycles. The quantitative estimate of drug-likeness (QED) is 0.840. The zero-order chi connectivity index (χ0) is 13.7. The summed E-state index contributed by atoms with van der Waals surface area (Å²) >= 11 is 1.78. The summed E-state index contributed by atoms with van der Waals surface area (Å²) in [5, 5.41) is 12.5. The first kappa shape index (κ1) is 14.3. The molecule has 0 aromatic carbocycles. The molecular weight excluding hydrogens is 254 g/mol. The maximum atomic E-state index is 4.46. The van der Waals surface area contributed by atoms with Gasteiger partial charge in [0.1, 0.15) is 0 Å². The van der Waals surface area contributed by atoms with Crippen LogP contribution in [0, 0.1) is 6.92 Å². The lowest BCUT2D eigenvalue weighted by Crippen LogP contribution is -2.23. The van der Waals surface area contributed by atoms with E-state index in [-0.39, 0.29) is 0 Å². The number of nitrogens with one attached hydrogen (secondary N) is 1. The maximum Gasteiger partial charge on any atom is 0.0641 e. The van der Waals surface area contributed by atoms with Crippen molar-refractivity contribution in [1.29, 1.82) is 0 Å². The molecule has 0 aliphatic rings. The predicted molar refractivity (Wildman–Crippen MR) is 81.6 cm³/mol. The zero-order valence-corrected chi connectivity index (χ0v) is 12.8. The third-order valence-electron chi connectivity index (χ3n) is 3.37. The lowest BCUT2D eigenvalue weighted by molar-refractivity contribution is 0.497. The minimum Gasteiger partial charge on any atom is -0.310 e. The molecule has 0 saturated heterocycles. The fourth-order valence-corrected chi connectivity index (χ4v) is 3.10. The van der Waals surface area contributed by atoms with Gasteiger partial charge in [-0.3, -0.25) is 4.68 Å². The molecule has 104 valence electrons. The van der Waals surface area contributed by atoms with Crippen LogP contribution in [0.15, 0.2) is 23.0 Å². The Kier molecular flexibility index (Phi) is 5.16. The van der Waals surface area contributed by atoms with E-state index in [4.69, 9.17) is 0 Å². The van der Waals surface area contributed by atoms with Crippen LogP contribution in [0.1, 0.15) is 42.6 Å². The van der Waals surface area contributed by atoms with E-state index in [0.717, 1.165) is 31.5 Å². The number of hydrogen-bond acceptors (Lipinski definition) is 3. The second-order valence-corrected chi connectivity index (χ2v) is 5.80. The summed E-state index contributed by atoms with van der Waals surface area (Å²) in [6.07, 6.45) is 5.56. The van der Waals surface area contributed by atoms with Gasteiger partial charge in [-0.2, -0.15) is 16.4 Å². The molecule has 4 heteroatoms. The molecule has 2 aromatic heterocycles. The number of nitrogens with zero attached hydrogens (tertiary/aromatic N) is 2. The zero-order valence-electron chi connectivity index (χ0n) is 12.0. The highest BCUT2D eigenvalue weighted by Crippen LogP contribution is 2.22. The fourth-order valence-electron chi connectivity index (χ4n) is 2.39. The Labute approximate surface area is 119 Å². The van der Waals surface area contributed by atoms with Crippen LogP contribution >= 0.6 is 11.3 Å². The average Bonchev–Trinajstić information content (AvgIpc) is 3.00. The molecule has 0 bridgehead atoms. The molecule has 0 amide bonds. The SMILES string of the molecule is CCCNC(CCc1ccsc1)c1cn(C)nc1C. The molecule has 2 rings (SSSR count). The van der Waals surface area contributed by atoms with Crippen molar-refractivity contribution < 1.29 is 0 Å². The minimum absolute atomic E-state index is 0.411. The molecule has 0 saturated carbocycles. The van der Waals surface area contributed by atoms with Gasteiger partial charge in [0.05, 0.1) is 5.69 Å². The van der Waals surface area contributed by atoms with Crippen molar-refractivity contribution in [3.05, 3.63) is 39.8 Å². The van der Waals surface area contributed by atoms with Crippen LogP contribution in [-0.2, 0) is 13.5 Å². The Balaban J connectivity index is 2.04. The normalized spacial score (nSPS) is 12.8. The summed E-state index contributed by atoms with van der Waals surface area (Å²) in [4.78, 5) is 0. The van der Waals surface area contributed by atoms with Gasteiger partial charge in [-0.25, -0.2) is 0 Å². The molecule has 0 spiro atoms. The molecule has 0 radical (unpaired) electrons. The second-order valence-electron chi connectivity index (χ2n) is 5.02. The van der Waals surface area contributed by atoms with E-state index < -0.39 is 0 Å². The molecule has 0 fully saturated rings. The Morgan fingerprint density at radius 3 is 2.89 bits per heavy atom. The van der Waals surface area contributed by atoms with Crippen LogP contribution in [0.2, 0.25) is 0 Å². The fraction of sp³-hybridized carbons (Fsp3) is 0.533. The monoisotopic (exact) mass is 277 g/mol. The van der Waals surface area contributed by atoms with E-state index in [9.17, 15) is 0 Å². The Morgan fingerprint density at radius 2 is 2.32 bits per heavy atom. The Bertz CT molecular complexity index is 487. The Hall–Kier alpha value is -1.13. The topological polar surface area (TPSA) is 29.9 Å². The third-order valence-corrected chi connectivity index (χ3v) is 4.10. The highest BCUT2D eigenvalue weighted by atomic mass is 32.1. The highest BCUT2D eigenvalue weighted by Gasteiger charge is 2.15. The molecule has 3 nitrogen and oxygen atoms in total. The van der Waals surface area contributed by atoms with Gasteiger partial charge in [-0.15, -0.1) is 0 Å². The molecule has 1 unspecified atom stereocenters. The van der Waals surface area contributed by atoms with Gasteiger partial charge in [0, 0.05) is 24.8 Å². The standard InChI is InChI=1S/C15H23N3S/c1-4-8-16-15(6-5-13-7-9-19-11-13)14-10-18(3)17-12(14)2/h7,9-11,15-16H,4-6,8H2,1-3H3. The van der Waals surface area contributed by atoms with Crippen molar-refractivity contribution in [2.45, 2.75) is 39.2 Å². The number of aryl methyl sites for hydroxylation is 3. The van der Waals surface area contributed by atoms with Crippen LogP contribution in [0.3, 0.4) is 0 Å². The van der Waals surface area contributed by atoms with Crippen molar-refractivity contribution in [2.75, 3.05) is 6.54 Å². The lowest BCUT2D eigenvalue weighted by Gasteiger charge is -2.17. The van der Waals surface area contributed by atoms with Crippen molar-refractivity contribution in [1.82, 2.24) is 15.1 Å². The van der Waals surface area contributed by atoms with Gasteiger partial charge in [0.25, 0.3) is 0 Å². The summed E-state index contributed by atoms with van der Waals surface area (Å²) in [5.74, 6) is 0. The van der Waals surface area contributed by atoms with Crippen LogP contribution < -0.4 is 5.32 Å². The summed E-state index contributed by atoms with van der Waals surface area (Å²) in [6, 6.07) is 2.63.